The SMILES string of the molecule is Cc1cc(C)cc(-c2nc(Cl)cc(C(C)(C)C)n2)c1. The van der Waals surface area contributed by atoms with Gasteiger partial charge in [0.2, 0.25) is 0 Å². The van der Waals surface area contributed by atoms with E-state index in [1.807, 2.05) is 6.07 Å². The molecule has 1 heterocycles. The van der Waals surface area contributed by atoms with E-state index >= 15 is 0 Å². The van der Waals surface area contributed by atoms with Gasteiger partial charge in [-0.05, 0) is 32.0 Å². The van der Waals surface area contributed by atoms with Crippen molar-refractivity contribution in [2.45, 2.75) is 40.0 Å². The summed E-state index contributed by atoms with van der Waals surface area (Å²) in [7, 11) is 0. The smallest absolute Gasteiger partial charge is 0.161 e. The lowest BCUT2D eigenvalue weighted by Crippen LogP contribution is -2.14. The number of aryl methyl sites for hydroxylation is 2. The van der Waals surface area contributed by atoms with E-state index < -0.39 is 0 Å². The van der Waals surface area contributed by atoms with Gasteiger partial charge in [-0.3, -0.25) is 0 Å². The number of hydrogen-bond donors (Lipinski definition) is 0. The number of nitrogens with zero attached hydrogens (tertiary/aromatic N) is 2. The van der Waals surface area contributed by atoms with Crippen LogP contribution in [-0.4, -0.2) is 9.97 Å². The van der Waals surface area contributed by atoms with Crippen LogP contribution in [0.4, 0.5) is 0 Å². The van der Waals surface area contributed by atoms with E-state index in [9.17, 15) is 0 Å². The van der Waals surface area contributed by atoms with Gasteiger partial charge in [0, 0.05) is 11.0 Å². The first-order valence-electron chi connectivity index (χ1n) is 6.39. The fourth-order valence-corrected chi connectivity index (χ4v) is 2.22. The van der Waals surface area contributed by atoms with Crippen molar-refractivity contribution in [3.05, 3.63) is 46.2 Å². The Balaban J connectivity index is 2.59. The minimum atomic E-state index is -0.0415. The molecule has 2 nitrogen and oxygen atoms in total. The third kappa shape index (κ3) is 3.32. The zero-order valence-corrected chi connectivity index (χ0v) is 12.8. The number of benzene rings is 1. The molecular formula is C16H19ClN2. The van der Waals surface area contributed by atoms with E-state index in [2.05, 4.69) is 62.8 Å². The van der Waals surface area contributed by atoms with Gasteiger partial charge in [0.25, 0.3) is 0 Å². The molecule has 0 atom stereocenters. The Kier molecular flexibility index (Phi) is 3.64. The van der Waals surface area contributed by atoms with Crippen LogP contribution >= 0.6 is 11.6 Å². The van der Waals surface area contributed by atoms with Gasteiger partial charge in [-0.2, -0.15) is 0 Å². The number of aromatic nitrogens is 2. The molecule has 0 aliphatic heterocycles. The molecule has 0 amide bonds. The molecule has 2 aromatic rings. The topological polar surface area (TPSA) is 25.8 Å². The maximum Gasteiger partial charge on any atom is 0.161 e. The maximum absolute atomic E-state index is 6.13. The Morgan fingerprint density at radius 2 is 1.47 bits per heavy atom. The molecule has 0 N–H and O–H groups in total. The molecule has 0 aliphatic rings. The van der Waals surface area contributed by atoms with E-state index in [0.29, 0.717) is 11.0 Å². The van der Waals surface area contributed by atoms with Crippen LogP contribution in [0, 0.1) is 13.8 Å². The van der Waals surface area contributed by atoms with Crippen molar-refractivity contribution in [2.75, 3.05) is 0 Å². The summed E-state index contributed by atoms with van der Waals surface area (Å²) in [4.78, 5) is 9.02. The average Bonchev–Trinajstić information content (AvgIpc) is 2.25. The molecule has 0 radical (unpaired) electrons. The summed E-state index contributed by atoms with van der Waals surface area (Å²) in [6.45, 7) is 10.5. The first kappa shape index (κ1) is 14.0. The molecule has 19 heavy (non-hydrogen) atoms. The van der Waals surface area contributed by atoms with Gasteiger partial charge in [0.1, 0.15) is 5.15 Å². The summed E-state index contributed by atoms with van der Waals surface area (Å²) in [6, 6.07) is 8.16. The second kappa shape index (κ2) is 4.93. The second-order valence-electron chi connectivity index (χ2n) is 6.03. The molecule has 0 aliphatic carbocycles. The van der Waals surface area contributed by atoms with Gasteiger partial charge in [-0.25, -0.2) is 9.97 Å². The highest BCUT2D eigenvalue weighted by Gasteiger charge is 2.18. The van der Waals surface area contributed by atoms with Crippen LogP contribution in [0.25, 0.3) is 11.4 Å². The third-order valence-corrected chi connectivity index (χ3v) is 3.14. The Bertz CT molecular complexity index is 592. The van der Waals surface area contributed by atoms with Crippen LogP contribution in [0.5, 0.6) is 0 Å². The number of rotatable bonds is 1. The fourth-order valence-electron chi connectivity index (χ4n) is 2.03. The zero-order valence-electron chi connectivity index (χ0n) is 12.1. The summed E-state index contributed by atoms with van der Waals surface area (Å²) < 4.78 is 0. The average molecular weight is 275 g/mol. The largest absolute Gasteiger partial charge is 0.232 e. The Hall–Kier alpha value is -1.41. The van der Waals surface area contributed by atoms with Gasteiger partial charge in [-0.15, -0.1) is 0 Å². The predicted octanol–water partition coefficient (Wildman–Crippen LogP) is 4.71. The lowest BCUT2D eigenvalue weighted by Gasteiger charge is -2.18. The van der Waals surface area contributed by atoms with E-state index in [1.54, 1.807) is 0 Å². The monoisotopic (exact) mass is 274 g/mol. The van der Waals surface area contributed by atoms with Gasteiger partial charge >= 0.3 is 0 Å². The second-order valence-corrected chi connectivity index (χ2v) is 6.41. The maximum atomic E-state index is 6.13. The van der Waals surface area contributed by atoms with Crippen LogP contribution in [0.15, 0.2) is 24.3 Å². The van der Waals surface area contributed by atoms with Crippen molar-refractivity contribution in [1.29, 1.82) is 0 Å². The molecule has 0 bridgehead atoms. The number of halogens is 1. The Morgan fingerprint density at radius 3 is 2.00 bits per heavy atom. The number of hydrogen-bond acceptors (Lipinski definition) is 2. The highest BCUT2D eigenvalue weighted by atomic mass is 35.5. The fraction of sp³-hybridized carbons (Fsp3) is 0.375. The van der Waals surface area contributed by atoms with E-state index in [1.165, 1.54) is 11.1 Å². The van der Waals surface area contributed by atoms with Crippen LogP contribution in [0.1, 0.15) is 37.6 Å². The van der Waals surface area contributed by atoms with Crippen LogP contribution in [-0.2, 0) is 5.41 Å². The Morgan fingerprint density at radius 1 is 0.895 bits per heavy atom. The van der Waals surface area contributed by atoms with E-state index in [0.717, 1.165) is 11.3 Å². The van der Waals surface area contributed by atoms with E-state index in [4.69, 9.17) is 11.6 Å². The third-order valence-electron chi connectivity index (χ3n) is 2.94. The molecule has 1 aromatic heterocycles. The zero-order chi connectivity index (χ0) is 14.2. The lowest BCUT2D eigenvalue weighted by molar-refractivity contribution is 0.568. The molecule has 100 valence electrons. The molecule has 0 saturated heterocycles. The molecule has 0 spiro atoms. The highest BCUT2D eigenvalue weighted by molar-refractivity contribution is 6.29. The molecule has 0 unspecified atom stereocenters. The van der Waals surface area contributed by atoms with Crippen molar-refractivity contribution in [1.82, 2.24) is 9.97 Å². The first-order chi connectivity index (χ1) is 8.75. The highest BCUT2D eigenvalue weighted by Crippen LogP contribution is 2.26. The quantitative estimate of drug-likeness (QED) is 0.704. The minimum absolute atomic E-state index is 0.0415. The molecule has 0 fully saturated rings. The van der Waals surface area contributed by atoms with Gasteiger partial charge in [-0.1, -0.05) is 49.6 Å². The van der Waals surface area contributed by atoms with Gasteiger partial charge in [0.05, 0.1) is 5.69 Å². The summed E-state index contributed by atoms with van der Waals surface area (Å²) in [5, 5.41) is 0.495. The lowest BCUT2D eigenvalue weighted by atomic mass is 9.92. The first-order valence-corrected chi connectivity index (χ1v) is 6.77. The van der Waals surface area contributed by atoms with Crippen LogP contribution < -0.4 is 0 Å². The molecule has 3 heteroatoms. The molecular weight excluding hydrogens is 256 g/mol. The molecule has 0 saturated carbocycles. The summed E-state index contributed by atoms with van der Waals surface area (Å²) in [6.07, 6.45) is 0. The normalized spacial score (nSPS) is 11.7. The van der Waals surface area contributed by atoms with Gasteiger partial charge < -0.3 is 0 Å². The standard InChI is InChI=1S/C16H19ClN2/c1-10-6-11(2)8-12(7-10)15-18-13(16(3,4)5)9-14(17)19-15/h6-9H,1-5H3. The predicted molar refractivity (Wildman–Crippen MR) is 80.7 cm³/mol. The van der Waals surface area contributed by atoms with Crippen molar-refractivity contribution < 1.29 is 0 Å². The summed E-state index contributed by atoms with van der Waals surface area (Å²) >= 11 is 6.13. The minimum Gasteiger partial charge on any atom is -0.232 e. The van der Waals surface area contributed by atoms with E-state index in [-0.39, 0.29) is 5.41 Å². The van der Waals surface area contributed by atoms with Crippen molar-refractivity contribution in [2.24, 2.45) is 0 Å². The molecule has 1 aromatic carbocycles. The molecule has 2 rings (SSSR count). The van der Waals surface area contributed by atoms with Crippen LogP contribution in [0.3, 0.4) is 0 Å². The summed E-state index contributed by atoms with van der Waals surface area (Å²) in [5.74, 6) is 0.698. The summed E-state index contributed by atoms with van der Waals surface area (Å²) in [5.41, 5.74) is 4.35. The van der Waals surface area contributed by atoms with Crippen LogP contribution in [0.2, 0.25) is 5.15 Å². The van der Waals surface area contributed by atoms with Gasteiger partial charge in [0.15, 0.2) is 5.82 Å². The van der Waals surface area contributed by atoms with Crippen molar-refractivity contribution in [3.63, 3.8) is 0 Å². The van der Waals surface area contributed by atoms with Crippen molar-refractivity contribution in [3.8, 4) is 11.4 Å². The van der Waals surface area contributed by atoms with Crippen molar-refractivity contribution >= 4 is 11.6 Å². The Labute approximate surface area is 119 Å².